The van der Waals surface area contributed by atoms with Gasteiger partial charge >= 0.3 is 0 Å². The molecule has 0 heterocycles. The number of nitrogen functional groups attached to an aromatic ring is 1. The van der Waals surface area contributed by atoms with Gasteiger partial charge in [0, 0.05) is 23.8 Å². The van der Waals surface area contributed by atoms with Gasteiger partial charge in [-0.3, -0.25) is 4.79 Å². The van der Waals surface area contributed by atoms with Crippen LogP contribution in [0.1, 0.15) is 41.3 Å². The van der Waals surface area contributed by atoms with Crippen molar-refractivity contribution in [3.63, 3.8) is 0 Å². The van der Waals surface area contributed by atoms with Gasteiger partial charge in [0.15, 0.2) is 0 Å². The molecule has 1 saturated carbocycles. The van der Waals surface area contributed by atoms with Crippen LogP contribution in [-0.4, -0.2) is 16.8 Å². The fraction of sp³-hybridized carbons (Fsp3) is 0.316. The van der Waals surface area contributed by atoms with Crippen molar-refractivity contribution in [2.45, 2.75) is 38.8 Å². The minimum absolute atomic E-state index is 0. The van der Waals surface area contributed by atoms with Gasteiger partial charge in [0.25, 0.3) is 5.91 Å². The highest BCUT2D eigenvalue weighted by Crippen LogP contribution is 2.30. The minimum Gasteiger partial charge on any atom is -0.399 e. The molecule has 0 aromatic heterocycles. The summed E-state index contributed by atoms with van der Waals surface area (Å²) in [6, 6.07) is 16.1. The molecule has 0 aliphatic heterocycles. The van der Waals surface area contributed by atoms with Crippen LogP contribution >= 0.6 is 12.4 Å². The molecule has 0 unspecified atom stereocenters. The van der Waals surface area contributed by atoms with Crippen LogP contribution in [0.2, 0.25) is 0 Å². The van der Waals surface area contributed by atoms with Crippen LogP contribution in [0.4, 0.5) is 5.69 Å². The number of aryl methyl sites for hydroxylation is 1. The Morgan fingerprint density at radius 1 is 1.04 bits per heavy atom. The van der Waals surface area contributed by atoms with E-state index in [4.69, 9.17) is 5.73 Å². The van der Waals surface area contributed by atoms with Gasteiger partial charge in [-0.1, -0.05) is 31.2 Å². The maximum absolute atomic E-state index is 12.8. The maximum atomic E-state index is 12.8. The van der Waals surface area contributed by atoms with E-state index in [1.54, 1.807) is 12.1 Å². The van der Waals surface area contributed by atoms with Crippen molar-refractivity contribution in [2.24, 2.45) is 0 Å². The summed E-state index contributed by atoms with van der Waals surface area (Å²) in [7, 11) is 0. The van der Waals surface area contributed by atoms with Crippen molar-refractivity contribution in [3.05, 3.63) is 65.2 Å². The third-order valence-electron chi connectivity index (χ3n) is 4.19. The Kier molecular flexibility index (Phi) is 5.67. The molecule has 0 atom stereocenters. The molecular weight excluding hydrogens is 308 g/mol. The molecule has 2 N–H and O–H groups in total. The van der Waals surface area contributed by atoms with E-state index < -0.39 is 0 Å². The molecule has 1 aliphatic carbocycles. The van der Waals surface area contributed by atoms with Gasteiger partial charge in [0.05, 0.1) is 0 Å². The lowest BCUT2D eigenvalue weighted by atomic mass is 10.1. The van der Waals surface area contributed by atoms with Crippen molar-refractivity contribution in [3.8, 4) is 0 Å². The number of halogens is 1. The minimum atomic E-state index is 0. The second-order valence-electron chi connectivity index (χ2n) is 5.96. The third-order valence-corrected chi connectivity index (χ3v) is 4.19. The Bertz CT molecular complexity index is 648. The molecule has 3 rings (SSSR count). The van der Waals surface area contributed by atoms with Crippen LogP contribution in [0.25, 0.3) is 0 Å². The molecule has 2 aromatic rings. The monoisotopic (exact) mass is 330 g/mol. The Labute approximate surface area is 143 Å². The lowest BCUT2D eigenvalue weighted by Crippen LogP contribution is -2.32. The molecule has 122 valence electrons. The van der Waals surface area contributed by atoms with Gasteiger partial charge < -0.3 is 10.6 Å². The smallest absolute Gasteiger partial charge is 0.254 e. The van der Waals surface area contributed by atoms with Gasteiger partial charge in [-0.15, -0.1) is 12.4 Å². The van der Waals surface area contributed by atoms with E-state index in [1.165, 1.54) is 11.1 Å². The topological polar surface area (TPSA) is 46.3 Å². The van der Waals surface area contributed by atoms with Crippen LogP contribution in [0.15, 0.2) is 48.5 Å². The number of amides is 1. The van der Waals surface area contributed by atoms with Crippen LogP contribution in [0, 0.1) is 0 Å². The van der Waals surface area contributed by atoms with E-state index in [0.29, 0.717) is 23.8 Å². The SMILES string of the molecule is CCc1ccc(CN(C(=O)c2ccc(N)cc2)C2CC2)cc1.Cl. The largest absolute Gasteiger partial charge is 0.399 e. The summed E-state index contributed by atoms with van der Waals surface area (Å²) in [5.74, 6) is 0.0991. The highest BCUT2D eigenvalue weighted by Gasteiger charge is 2.32. The summed E-state index contributed by atoms with van der Waals surface area (Å²) in [6.45, 7) is 2.83. The van der Waals surface area contributed by atoms with Crippen molar-refractivity contribution < 1.29 is 4.79 Å². The van der Waals surface area contributed by atoms with Gasteiger partial charge in [-0.2, -0.15) is 0 Å². The Morgan fingerprint density at radius 2 is 1.61 bits per heavy atom. The number of nitrogens with zero attached hydrogens (tertiary/aromatic N) is 1. The molecule has 0 radical (unpaired) electrons. The summed E-state index contributed by atoms with van der Waals surface area (Å²) in [6.07, 6.45) is 3.25. The molecule has 1 amide bonds. The number of anilines is 1. The average molecular weight is 331 g/mol. The second-order valence-corrected chi connectivity index (χ2v) is 5.96. The predicted molar refractivity (Wildman–Crippen MR) is 96.8 cm³/mol. The average Bonchev–Trinajstić information content (AvgIpc) is 3.38. The number of carbonyl (C=O) groups excluding carboxylic acids is 1. The highest BCUT2D eigenvalue weighted by atomic mass is 35.5. The lowest BCUT2D eigenvalue weighted by molar-refractivity contribution is 0.0730. The zero-order valence-corrected chi connectivity index (χ0v) is 14.2. The number of benzene rings is 2. The first-order chi connectivity index (χ1) is 10.7. The summed E-state index contributed by atoms with van der Waals surface area (Å²) >= 11 is 0. The van der Waals surface area contributed by atoms with E-state index >= 15 is 0 Å². The highest BCUT2D eigenvalue weighted by molar-refractivity contribution is 5.94. The standard InChI is InChI=1S/C19H22N2O.ClH/c1-2-14-3-5-15(6-4-14)13-21(18-11-12-18)19(22)16-7-9-17(20)10-8-16;/h3-10,18H,2,11-13,20H2,1H3;1H. The predicted octanol–water partition coefficient (Wildman–Crippen LogP) is 4.06. The Hall–Kier alpha value is -2.00. The molecule has 1 fully saturated rings. The zero-order chi connectivity index (χ0) is 15.5. The lowest BCUT2D eigenvalue weighted by Gasteiger charge is -2.23. The molecule has 4 heteroatoms. The summed E-state index contributed by atoms with van der Waals surface area (Å²) in [4.78, 5) is 14.7. The Balaban J connectivity index is 0.00000192. The number of nitrogens with two attached hydrogens (primary N) is 1. The third kappa shape index (κ3) is 4.26. The summed E-state index contributed by atoms with van der Waals surface area (Å²) in [5.41, 5.74) is 9.61. The fourth-order valence-corrected chi connectivity index (χ4v) is 2.62. The van der Waals surface area contributed by atoms with Crippen LogP contribution in [0.3, 0.4) is 0 Å². The van der Waals surface area contributed by atoms with Crippen molar-refractivity contribution in [2.75, 3.05) is 5.73 Å². The van der Waals surface area contributed by atoms with E-state index in [0.717, 1.165) is 19.3 Å². The first kappa shape index (κ1) is 17.4. The molecular formula is C19H23ClN2O. The Morgan fingerprint density at radius 3 is 2.13 bits per heavy atom. The molecule has 0 spiro atoms. The van der Waals surface area contributed by atoms with Crippen molar-refractivity contribution in [1.29, 1.82) is 0 Å². The van der Waals surface area contributed by atoms with Crippen LogP contribution < -0.4 is 5.73 Å². The van der Waals surface area contributed by atoms with Gasteiger partial charge in [-0.25, -0.2) is 0 Å². The zero-order valence-electron chi connectivity index (χ0n) is 13.4. The first-order valence-electron chi connectivity index (χ1n) is 7.91. The van der Waals surface area contributed by atoms with Gasteiger partial charge in [-0.05, 0) is 54.7 Å². The van der Waals surface area contributed by atoms with Gasteiger partial charge in [0.1, 0.15) is 0 Å². The van der Waals surface area contributed by atoms with Crippen molar-refractivity contribution in [1.82, 2.24) is 4.90 Å². The van der Waals surface area contributed by atoms with E-state index in [-0.39, 0.29) is 18.3 Å². The quantitative estimate of drug-likeness (QED) is 0.840. The van der Waals surface area contributed by atoms with E-state index in [2.05, 4.69) is 31.2 Å². The molecule has 0 saturated heterocycles. The summed E-state index contributed by atoms with van der Waals surface area (Å²) < 4.78 is 0. The molecule has 3 nitrogen and oxygen atoms in total. The van der Waals surface area contributed by atoms with Gasteiger partial charge in [0.2, 0.25) is 0 Å². The summed E-state index contributed by atoms with van der Waals surface area (Å²) in [5, 5.41) is 0. The normalized spacial score (nSPS) is 13.3. The fourth-order valence-electron chi connectivity index (χ4n) is 2.62. The number of hydrogen-bond acceptors (Lipinski definition) is 2. The number of carbonyl (C=O) groups is 1. The molecule has 23 heavy (non-hydrogen) atoms. The van der Waals surface area contributed by atoms with Crippen LogP contribution in [-0.2, 0) is 13.0 Å². The van der Waals surface area contributed by atoms with Crippen molar-refractivity contribution >= 4 is 24.0 Å². The van der Waals surface area contributed by atoms with Crippen LogP contribution in [0.5, 0.6) is 0 Å². The molecule has 1 aliphatic rings. The molecule has 2 aromatic carbocycles. The number of hydrogen-bond donors (Lipinski definition) is 1. The van der Waals surface area contributed by atoms with E-state index in [9.17, 15) is 4.79 Å². The first-order valence-corrected chi connectivity index (χ1v) is 7.91. The number of rotatable bonds is 5. The second kappa shape index (κ2) is 7.51. The maximum Gasteiger partial charge on any atom is 0.254 e. The van der Waals surface area contributed by atoms with E-state index in [1.807, 2.05) is 17.0 Å². The molecule has 0 bridgehead atoms.